The maximum absolute atomic E-state index is 5.86. The third-order valence-corrected chi connectivity index (χ3v) is 5.14. The van der Waals surface area contributed by atoms with Gasteiger partial charge in [-0.2, -0.15) is 0 Å². The van der Waals surface area contributed by atoms with E-state index in [1.54, 1.807) is 0 Å². The molecule has 0 fully saturated rings. The molecule has 3 aromatic heterocycles. The van der Waals surface area contributed by atoms with E-state index in [0.29, 0.717) is 0 Å². The molecule has 0 aliphatic heterocycles. The number of rotatable bonds is 1. The van der Waals surface area contributed by atoms with Gasteiger partial charge >= 0.3 is 0 Å². The van der Waals surface area contributed by atoms with Crippen LogP contribution in [0.4, 0.5) is 0 Å². The smallest absolute Gasteiger partial charge is 0.143 e. The summed E-state index contributed by atoms with van der Waals surface area (Å²) in [5.41, 5.74) is 6.94. The largest absolute Gasteiger partial charge is 0.465 e. The van der Waals surface area contributed by atoms with Gasteiger partial charge in [-0.15, -0.1) is 70.9 Å². The summed E-state index contributed by atoms with van der Waals surface area (Å²) in [4.78, 5) is 8.82. The molecule has 0 amide bonds. The molecule has 6 rings (SSSR count). The van der Waals surface area contributed by atoms with Crippen LogP contribution in [0.15, 0.2) is 89.6 Å². The SMILES string of the molecule is Cc1ccc(-c2[c-]cccc2)nc1.Cc1cnc2c(c1)oc1ccc3ccc[c-]c3c12.[Ir]. The monoisotopic (exact) mass is 593 g/mol. The number of pyridine rings is 2. The van der Waals surface area contributed by atoms with Crippen LogP contribution >= 0.6 is 0 Å². The molecule has 159 valence electrons. The van der Waals surface area contributed by atoms with Crippen molar-refractivity contribution in [1.82, 2.24) is 9.97 Å². The summed E-state index contributed by atoms with van der Waals surface area (Å²) in [7, 11) is 0. The minimum absolute atomic E-state index is 0. The predicted octanol–water partition coefficient (Wildman–Crippen LogP) is 7.10. The maximum atomic E-state index is 5.86. The first-order chi connectivity index (χ1) is 15.2. The Morgan fingerprint density at radius 2 is 1.59 bits per heavy atom. The fourth-order valence-electron chi connectivity index (χ4n) is 3.60. The van der Waals surface area contributed by atoms with Crippen molar-refractivity contribution in [2.45, 2.75) is 13.8 Å². The summed E-state index contributed by atoms with van der Waals surface area (Å²) >= 11 is 0. The molecule has 0 unspecified atom stereocenters. The van der Waals surface area contributed by atoms with Crippen molar-refractivity contribution in [3.05, 3.63) is 108 Å². The van der Waals surface area contributed by atoms with Gasteiger partial charge in [-0.3, -0.25) is 4.98 Å². The van der Waals surface area contributed by atoms with Crippen molar-refractivity contribution >= 4 is 32.8 Å². The number of nitrogens with zero attached hydrogens (tertiary/aromatic N) is 2. The van der Waals surface area contributed by atoms with Crippen molar-refractivity contribution in [1.29, 1.82) is 0 Å². The van der Waals surface area contributed by atoms with Crippen molar-refractivity contribution in [3.8, 4) is 11.3 Å². The molecule has 0 spiro atoms. The van der Waals surface area contributed by atoms with Crippen LogP contribution in [-0.4, -0.2) is 9.97 Å². The van der Waals surface area contributed by atoms with E-state index in [1.807, 2.05) is 80.8 Å². The van der Waals surface area contributed by atoms with Crippen molar-refractivity contribution in [2.75, 3.05) is 0 Å². The van der Waals surface area contributed by atoms with Crippen LogP contribution in [0.25, 0.3) is 44.1 Å². The molecule has 0 aliphatic rings. The molecular weight excluding hydrogens is 573 g/mol. The fraction of sp³-hybridized carbons (Fsp3) is 0.0714. The molecule has 0 bridgehead atoms. The average Bonchev–Trinajstić information content (AvgIpc) is 3.18. The Hall–Kier alpha value is -3.33. The molecule has 0 aliphatic carbocycles. The zero-order valence-electron chi connectivity index (χ0n) is 17.7. The molecule has 0 saturated carbocycles. The summed E-state index contributed by atoms with van der Waals surface area (Å²) in [6.45, 7) is 4.05. The van der Waals surface area contributed by atoms with Gasteiger partial charge in [0.15, 0.2) is 0 Å². The second-order valence-electron chi connectivity index (χ2n) is 7.53. The Morgan fingerprint density at radius 3 is 2.38 bits per heavy atom. The number of hydrogen-bond acceptors (Lipinski definition) is 3. The van der Waals surface area contributed by atoms with Gasteiger partial charge in [0.25, 0.3) is 0 Å². The number of aromatic nitrogens is 2. The third kappa shape index (κ3) is 4.33. The van der Waals surface area contributed by atoms with Gasteiger partial charge in [0.2, 0.25) is 0 Å². The van der Waals surface area contributed by atoms with Crippen LogP contribution < -0.4 is 0 Å². The van der Waals surface area contributed by atoms with E-state index in [2.05, 4.69) is 40.3 Å². The normalized spacial score (nSPS) is 10.6. The fourth-order valence-corrected chi connectivity index (χ4v) is 3.60. The molecule has 6 aromatic rings. The Labute approximate surface area is 200 Å². The zero-order valence-corrected chi connectivity index (χ0v) is 20.1. The van der Waals surface area contributed by atoms with E-state index in [9.17, 15) is 0 Å². The summed E-state index contributed by atoms with van der Waals surface area (Å²) in [5.74, 6) is 0. The first kappa shape index (κ1) is 21.9. The van der Waals surface area contributed by atoms with Crippen LogP contribution in [0.2, 0.25) is 0 Å². The van der Waals surface area contributed by atoms with E-state index in [4.69, 9.17) is 4.42 Å². The van der Waals surface area contributed by atoms with E-state index in [0.717, 1.165) is 49.7 Å². The number of aryl methyl sites for hydroxylation is 2. The Bertz CT molecular complexity index is 1490. The molecule has 0 N–H and O–H groups in total. The molecule has 1 radical (unpaired) electrons. The topological polar surface area (TPSA) is 38.9 Å². The molecule has 32 heavy (non-hydrogen) atoms. The van der Waals surface area contributed by atoms with Crippen LogP contribution in [-0.2, 0) is 20.1 Å². The van der Waals surface area contributed by atoms with Gasteiger partial charge in [-0.1, -0.05) is 18.2 Å². The quantitative estimate of drug-likeness (QED) is 0.191. The van der Waals surface area contributed by atoms with Crippen molar-refractivity contribution in [2.24, 2.45) is 0 Å². The number of hydrogen-bond donors (Lipinski definition) is 0. The summed E-state index contributed by atoms with van der Waals surface area (Å²) in [5, 5.41) is 3.29. The summed E-state index contributed by atoms with van der Waals surface area (Å²) < 4.78 is 5.86. The van der Waals surface area contributed by atoms with Gasteiger partial charge in [-0.05, 0) is 48.2 Å². The number of fused-ring (bicyclic) bond motifs is 5. The number of furan rings is 1. The standard InChI is InChI=1S/C16H10NO.C12H10N.Ir/c1-10-8-14-16(17-9-10)15-12-5-3-2-4-11(12)6-7-13(15)18-14;1-10-7-8-12(13-9-10)11-5-3-2-4-6-11;/h2-4,6-9H,1H3;2-5,7-9H,1H3;/q2*-1;. The predicted molar refractivity (Wildman–Crippen MR) is 126 cm³/mol. The van der Waals surface area contributed by atoms with Gasteiger partial charge in [0.1, 0.15) is 5.58 Å². The Balaban J connectivity index is 0.000000157. The first-order valence-electron chi connectivity index (χ1n) is 10.2. The van der Waals surface area contributed by atoms with Crippen LogP contribution in [0.5, 0.6) is 0 Å². The molecule has 4 heteroatoms. The Kier molecular flexibility index (Phi) is 6.45. The second-order valence-corrected chi connectivity index (χ2v) is 7.53. The van der Waals surface area contributed by atoms with Crippen molar-refractivity contribution in [3.63, 3.8) is 0 Å². The van der Waals surface area contributed by atoms with Crippen molar-refractivity contribution < 1.29 is 24.5 Å². The van der Waals surface area contributed by atoms with E-state index in [-0.39, 0.29) is 20.1 Å². The molecule has 3 nitrogen and oxygen atoms in total. The van der Waals surface area contributed by atoms with Gasteiger partial charge in [-0.25, -0.2) is 0 Å². The summed E-state index contributed by atoms with van der Waals surface area (Å²) in [6, 6.07) is 30.5. The Morgan fingerprint density at radius 1 is 0.750 bits per heavy atom. The molecule has 0 atom stereocenters. The molecule has 3 aromatic carbocycles. The van der Waals surface area contributed by atoms with E-state index in [1.165, 1.54) is 5.56 Å². The molecule has 3 heterocycles. The van der Waals surface area contributed by atoms with Gasteiger partial charge in [0.05, 0.1) is 11.1 Å². The van der Waals surface area contributed by atoms with Crippen LogP contribution in [0.3, 0.4) is 0 Å². The minimum Gasteiger partial charge on any atom is -0.465 e. The summed E-state index contributed by atoms with van der Waals surface area (Å²) in [6.07, 6.45) is 3.75. The van der Waals surface area contributed by atoms with Crippen LogP contribution in [0.1, 0.15) is 11.1 Å². The average molecular weight is 593 g/mol. The number of benzene rings is 3. The first-order valence-corrected chi connectivity index (χ1v) is 10.2. The second kappa shape index (κ2) is 9.44. The van der Waals surface area contributed by atoms with E-state index < -0.39 is 0 Å². The zero-order chi connectivity index (χ0) is 21.2. The van der Waals surface area contributed by atoms with Gasteiger partial charge < -0.3 is 9.40 Å². The minimum atomic E-state index is 0. The maximum Gasteiger partial charge on any atom is 0.143 e. The van der Waals surface area contributed by atoms with E-state index >= 15 is 0 Å². The third-order valence-electron chi connectivity index (χ3n) is 5.14. The van der Waals surface area contributed by atoms with Crippen LogP contribution in [0, 0.1) is 26.0 Å². The van der Waals surface area contributed by atoms with Gasteiger partial charge in [0, 0.05) is 32.5 Å². The molecule has 0 saturated heterocycles. The molecular formula is C28H20IrN2O-2.